The van der Waals surface area contributed by atoms with Crippen molar-refractivity contribution in [3.8, 4) is 5.88 Å². The van der Waals surface area contributed by atoms with E-state index in [0.29, 0.717) is 25.0 Å². The van der Waals surface area contributed by atoms with Crippen molar-refractivity contribution in [3.63, 3.8) is 0 Å². The summed E-state index contributed by atoms with van der Waals surface area (Å²) in [5.41, 5.74) is 2.66. The summed E-state index contributed by atoms with van der Waals surface area (Å²) in [5, 5.41) is 4.66. The molecule has 7 nitrogen and oxygen atoms in total. The summed E-state index contributed by atoms with van der Waals surface area (Å²) >= 11 is 0. The third-order valence-corrected chi connectivity index (χ3v) is 6.30. The van der Waals surface area contributed by atoms with Crippen molar-refractivity contribution in [2.24, 2.45) is 0 Å². The average molecular weight is 473 g/mol. The van der Waals surface area contributed by atoms with Crippen LogP contribution in [0.2, 0.25) is 0 Å². The van der Waals surface area contributed by atoms with Gasteiger partial charge in [-0.15, -0.1) is 0 Å². The van der Waals surface area contributed by atoms with Crippen LogP contribution in [0.15, 0.2) is 60.8 Å². The molecule has 0 saturated heterocycles. The van der Waals surface area contributed by atoms with Gasteiger partial charge in [0.05, 0.1) is 5.52 Å². The first kappa shape index (κ1) is 23.1. The Morgan fingerprint density at radius 1 is 1.09 bits per heavy atom. The van der Waals surface area contributed by atoms with Crippen LogP contribution in [-0.4, -0.2) is 51.8 Å². The van der Waals surface area contributed by atoms with Gasteiger partial charge < -0.3 is 19.7 Å². The molecule has 1 N–H and O–H groups in total. The first-order chi connectivity index (χ1) is 16.8. The molecule has 1 saturated carbocycles. The summed E-state index contributed by atoms with van der Waals surface area (Å²) in [5.74, 6) is 1.56. The lowest BCUT2D eigenvalue weighted by atomic mass is 9.89. The van der Waals surface area contributed by atoms with Gasteiger partial charge in [0.25, 0.3) is 0 Å². The number of ether oxygens (including phenoxy) is 2. The van der Waals surface area contributed by atoms with E-state index < -0.39 is 5.60 Å². The molecule has 1 amide bonds. The van der Waals surface area contributed by atoms with Gasteiger partial charge in [-0.1, -0.05) is 24.3 Å². The van der Waals surface area contributed by atoms with Crippen molar-refractivity contribution in [1.29, 1.82) is 0 Å². The third kappa shape index (κ3) is 5.56. The van der Waals surface area contributed by atoms with Crippen LogP contribution in [0.5, 0.6) is 5.88 Å². The van der Waals surface area contributed by atoms with E-state index in [1.165, 1.54) is 0 Å². The molecule has 0 unspecified atom stereocenters. The topological polar surface area (TPSA) is 76.6 Å². The van der Waals surface area contributed by atoms with Crippen LogP contribution in [-0.2, 0) is 4.74 Å². The van der Waals surface area contributed by atoms with E-state index in [0.717, 1.165) is 47.1 Å². The fourth-order valence-corrected chi connectivity index (χ4v) is 4.43. The number of hydrogen-bond donors (Lipinski definition) is 1. The number of benzene rings is 1. The summed E-state index contributed by atoms with van der Waals surface area (Å²) < 4.78 is 11.8. The quantitative estimate of drug-likeness (QED) is 0.515. The molecule has 35 heavy (non-hydrogen) atoms. The molecular formula is C28H32N4O3. The molecule has 3 heterocycles. The highest BCUT2D eigenvalue weighted by Crippen LogP contribution is 2.33. The molecule has 5 rings (SSSR count). The van der Waals surface area contributed by atoms with Crippen molar-refractivity contribution in [3.05, 3.63) is 66.4 Å². The highest BCUT2D eigenvalue weighted by atomic mass is 16.6. The molecule has 1 aliphatic carbocycles. The Bertz CT molecular complexity index is 1240. The second-order valence-corrected chi connectivity index (χ2v) is 10.2. The molecule has 0 radical (unpaired) electrons. The van der Waals surface area contributed by atoms with Gasteiger partial charge in [-0.3, -0.25) is 0 Å². The number of pyridine rings is 2. The van der Waals surface area contributed by atoms with Gasteiger partial charge in [0.15, 0.2) is 0 Å². The molecule has 1 aromatic carbocycles. The van der Waals surface area contributed by atoms with Crippen LogP contribution in [0.3, 0.4) is 0 Å². The second-order valence-electron chi connectivity index (χ2n) is 10.2. The van der Waals surface area contributed by atoms with Gasteiger partial charge in [0, 0.05) is 49.1 Å². The van der Waals surface area contributed by atoms with E-state index in [9.17, 15) is 4.79 Å². The van der Waals surface area contributed by atoms with Crippen molar-refractivity contribution in [2.45, 2.75) is 57.8 Å². The van der Waals surface area contributed by atoms with Crippen LogP contribution in [0, 0.1) is 0 Å². The molecule has 182 valence electrons. The van der Waals surface area contributed by atoms with Crippen molar-refractivity contribution in [2.75, 3.05) is 18.4 Å². The molecule has 3 aromatic rings. The summed E-state index contributed by atoms with van der Waals surface area (Å²) in [4.78, 5) is 23.3. The van der Waals surface area contributed by atoms with Crippen LogP contribution < -0.4 is 10.1 Å². The fraction of sp³-hybridized carbons (Fsp3) is 0.393. The zero-order valence-corrected chi connectivity index (χ0v) is 20.5. The number of nitrogens with one attached hydrogen (secondary N) is 1. The van der Waals surface area contributed by atoms with Gasteiger partial charge in [-0.2, -0.15) is 0 Å². The van der Waals surface area contributed by atoms with E-state index in [4.69, 9.17) is 14.5 Å². The van der Waals surface area contributed by atoms with Crippen molar-refractivity contribution in [1.82, 2.24) is 14.9 Å². The molecule has 7 heteroatoms. The lowest BCUT2D eigenvalue weighted by Gasteiger charge is -2.36. The average Bonchev–Trinajstić information content (AvgIpc) is 2.82. The van der Waals surface area contributed by atoms with Gasteiger partial charge in [0.1, 0.15) is 17.5 Å². The van der Waals surface area contributed by atoms with Gasteiger partial charge >= 0.3 is 6.09 Å². The minimum Gasteiger partial charge on any atom is -0.474 e. The number of amides is 1. The van der Waals surface area contributed by atoms with E-state index in [-0.39, 0.29) is 12.2 Å². The maximum absolute atomic E-state index is 12.4. The Balaban J connectivity index is 1.17. The van der Waals surface area contributed by atoms with E-state index in [1.54, 1.807) is 11.1 Å². The molecule has 2 aliphatic rings. The summed E-state index contributed by atoms with van der Waals surface area (Å²) in [6, 6.07) is 16.6. The van der Waals surface area contributed by atoms with Gasteiger partial charge in [-0.05, 0) is 63.1 Å². The lowest BCUT2D eigenvalue weighted by molar-refractivity contribution is 0.0270. The standard InChI is InChI=1S/C28H32N4O3/c1-28(2,3)35-27(33)32-15-12-19(13-16-32)23-8-6-14-29-26(23)34-22-17-21(18-22)30-25-11-10-20-7-4-5-9-24(20)31-25/h4-12,14,21-22H,13,15-18H2,1-3H3,(H,30,31). The predicted octanol–water partition coefficient (Wildman–Crippen LogP) is 5.68. The minimum atomic E-state index is -0.495. The van der Waals surface area contributed by atoms with Crippen LogP contribution in [0.1, 0.15) is 45.6 Å². The molecule has 0 spiro atoms. The second kappa shape index (κ2) is 9.56. The van der Waals surface area contributed by atoms with E-state index in [1.807, 2.05) is 57.2 Å². The Hall–Kier alpha value is -3.61. The molecule has 0 atom stereocenters. The lowest BCUT2D eigenvalue weighted by Crippen LogP contribution is -2.43. The number of carbonyl (C=O) groups is 1. The number of fused-ring (bicyclic) bond motifs is 1. The highest BCUT2D eigenvalue weighted by molar-refractivity contribution is 5.80. The van der Waals surface area contributed by atoms with Gasteiger partial charge in [0.2, 0.25) is 5.88 Å². The third-order valence-electron chi connectivity index (χ3n) is 6.30. The Morgan fingerprint density at radius 2 is 1.91 bits per heavy atom. The molecule has 0 bridgehead atoms. The minimum absolute atomic E-state index is 0.115. The van der Waals surface area contributed by atoms with E-state index >= 15 is 0 Å². The number of rotatable bonds is 5. The summed E-state index contributed by atoms with van der Waals surface area (Å²) in [7, 11) is 0. The number of nitrogens with zero attached hydrogens (tertiary/aromatic N) is 3. The van der Waals surface area contributed by atoms with Crippen LogP contribution in [0.4, 0.5) is 10.6 Å². The summed E-state index contributed by atoms with van der Waals surface area (Å²) in [6.07, 6.45) is 6.22. The van der Waals surface area contributed by atoms with Crippen LogP contribution in [0.25, 0.3) is 16.5 Å². The zero-order valence-electron chi connectivity index (χ0n) is 20.5. The normalized spacial score (nSPS) is 20.1. The summed E-state index contributed by atoms with van der Waals surface area (Å²) in [6.45, 7) is 6.78. The van der Waals surface area contributed by atoms with Crippen LogP contribution >= 0.6 is 0 Å². The Morgan fingerprint density at radius 3 is 2.69 bits per heavy atom. The largest absolute Gasteiger partial charge is 0.474 e. The maximum Gasteiger partial charge on any atom is 0.410 e. The number of aromatic nitrogens is 2. The Labute approximate surface area is 206 Å². The smallest absolute Gasteiger partial charge is 0.410 e. The number of carbonyl (C=O) groups excluding carboxylic acids is 1. The number of hydrogen-bond acceptors (Lipinski definition) is 6. The molecule has 1 fully saturated rings. The predicted molar refractivity (Wildman–Crippen MR) is 137 cm³/mol. The van der Waals surface area contributed by atoms with Gasteiger partial charge in [-0.25, -0.2) is 14.8 Å². The zero-order chi connectivity index (χ0) is 24.4. The monoisotopic (exact) mass is 472 g/mol. The van der Waals surface area contributed by atoms with Crippen molar-refractivity contribution >= 4 is 28.4 Å². The number of para-hydroxylation sites is 1. The maximum atomic E-state index is 12.4. The van der Waals surface area contributed by atoms with Crippen molar-refractivity contribution < 1.29 is 14.3 Å². The SMILES string of the molecule is CC(C)(C)OC(=O)N1CC=C(c2cccnc2OC2CC(Nc3ccc4ccccc4n3)C2)CC1. The first-order valence-corrected chi connectivity index (χ1v) is 12.3. The molecule has 1 aliphatic heterocycles. The van der Waals surface area contributed by atoms with E-state index in [2.05, 4.69) is 28.5 Å². The Kier molecular flexibility index (Phi) is 6.32. The fourth-order valence-electron chi connectivity index (χ4n) is 4.43. The number of anilines is 1. The highest BCUT2D eigenvalue weighted by Gasteiger charge is 2.32. The molecular weight excluding hydrogens is 440 g/mol. The molecule has 2 aromatic heterocycles. The first-order valence-electron chi connectivity index (χ1n) is 12.3.